The third-order valence-electron chi connectivity index (χ3n) is 4.27. The van der Waals surface area contributed by atoms with Crippen LogP contribution < -0.4 is 9.50 Å². The topological polar surface area (TPSA) is 73.2 Å². The van der Waals surface area contributed by atoms with E-state index in [1.165, 1.54) is 0 Å². The van der Waals surface area contributed by atoms with Gasteiger partial charge < -0.3 is 14.1 Å². The Bertz CT molecular complexity index is 754. The summed E-state index contributed by atoms with van der Waals surface area (Å²) in [5, 5.41) is 3.54. The normalized spacial score (nSPS) is 12.3. The molecule has 1 N–H and O–H groups in total. The van der Waals surface area contributed by atoms with E-state index in [1.54, 1.807) is 18.3 Å². The second-order valence-corrected chi connectivity index (χ2v) is 8.62. The van der Waals surface area contributed by atoms with Crippen LogP contribution in [-0.4, -0.2) is 30.3 Å². The van der Waals surface area contributed by atoms with Crippen LogP contribution in [-0.2, 0) is 22.2 Å². The minimum absolute atomic E-state index is 0.0508. The van der Waals surface area contributed by atoms with Crippen LogP contribution in [0, 0.1) is 0 Å². The lowest BCUT2D eigenvalue weighted by Gasteiger charge is -2.27. The summed E-state index contributed by atoms with van der Waals surface area (Å²) in [5.74, 6) is 0.413. The summed E-state index contributed by atoms with van der Waals surface area (Å²) in [6.45, 7) is 7.96. The van der Waals surface area contributed by atoms with Gasteiger partial charge in [0.25, 0.3) is 0 Å². The first-order chi connectivity index (χ1) is 12.3. The molecule has 0 saturated heterocycles. The molecule has 1 aromatic heterocycles. The molecule has 0 unspecified atom stereocenters. The predicted octanol–water partition coefficient (Wildman–Crippen LogP) is 3.31. The average molecular weight is 380 g/mol. The number of aromatic nitrogens is 2. The van der Waals surface area contributed by atoms with Gasteiger partial charge in [-0.25, -0.2) is 4.98 Å². The van der Waals surface area contributed by atoms with E-state index < -0.39 is 10.1 Å². The van der Waals surface area contributed by atoms with Gasteiger partial charge in [-0.05, 0) is 50.9 Å². The Hall–Kier alpha value is -1.86. The molecule has 0 bridgehead atoms. The molecule has 0 saturated carbocycles. The summed E-state index contributed by atoms with van der Waals surface area (Å²) >= 11 is 0. The fraction of sp³-hybridized carbons (Fsp3) is 0.526. The first kappa shape index (κ1) is 20.5. The second-order valence-electron chi connectivity index (χ2n) is 6.93. The van der Waals surface area contributed by atoms with E-state index in [4.69, 9.17) is 4.18 Å². The van der Waals surface area contributed by atoms with Crippen LogP contribution in [0.2, 0.25) is 0 Å². The van der Waals surface area contributed by atoms with Crippen molar-refractivity contribution in [2.45, 2.75) is 52.1 Å². The minimum Gasteiger partial charge on any atom is -0.382 e. The molecular formula is C19H29N3O3S. The molecule has 0 spiro atoms. The summed E-state index contributed by atoms with van der Waals surface area (Å²) in [6, 6.07) is 7.25. The van der Waals surface area contributed by atoms with Gasteiger partial charge in [-0.2, -0.15) is 8.42 Å². The SMILES string of the molecule is CCCCS(=O)(=O)Oc1ccc(C(C)(C)NCCCn2ccnc2)cc1. The highest BCUT2D eigenvalue weighted by Gasteiger charge is 2.20. The Morgan fingerprint density at radius 3 is 2.54 bits per heavy atom. The summed E-state index contributed by atoms with van der Waals surface area (Å²) in [4.78, 5) is 4.04. The van der Waals surface area contributed by atoms with Crippen LogP contribution in [0.3, 0.4) is 0 Å². The van der Waals surface area contributed by atoms with E-state index in [9.17, 15) is 8.42 Å². The van der Waals surface area contributed by atoms with Crippen molar-refractivity contribution in [1.82, 2.24) is 14.9 Å². The number of hydrogen-bond donors (Lipinski definition) is 1. The summed E-state index contributed by atoms with van der Waals surface area (Å²) < 4.78 is 31.0. The zero-order valence-corrected chi connectivity index (χ0v) is 16.6. The molecule has 0 aliphatic heterocycles. The van der Waals surface area contributed by atoms with Gasteiger partial charge in [0.2, 0.25) is 0 Å². The van der Waals surface area contributed by atoms with E-state index in [1.807, 2.05) is 31.6 Å². The van der Waals surface area contributed by atoms with Crippen LogP contribution in [0.15, 0.2) is 43.0 Å². The lowest BCUT2D eigenvalue weighted by molar-refractivity contribution is 0.392. The van der Waals surface area contributed by atoms with Crippen molar-refractivity contribution in [2.75, 3.05) is 12.3 Å². The quantitative estimate of drug-likeness (QED) is 0.479. The van der Waals surface area contributed by atoms with Gasteiger partial charge in [0.05, 0.1) is 12.1 Å². The smallest absolute Gasteiger partial charge is 0.309 e. The molecular weight excluding hydrogens is 350 g/mol. The lowest BCUT2D eigenvalue weighted by Crippen LogP contribution is -2.37. The number of nitrogens with one attached hydrogen (secondary N) is 1. The lowest BCUT2D eigenvalue weighted by atomic mass is 9.94. The minimum atomic E-state index is -3.51. The van der Waals surface area contributed by atoms with Gasteiger partial charge in [-0.3, -0.25) is 0 Å². The molecule has 0 aliphatic carbocycles. The highest BCUT2D eigenvalue weighted by molar-refractivity contribution is 7.87. The molecule has 0 amide bonds. The van der Waals surface area contributed by atoms with Gasteiger partial charge in [-0.15, -0.1) is 0 Å². The van der Waals surface area contributed by atoms with Crippen molar-refractivity contribution in [1.29, 1.82) is 0 Å². The molecule has 144 valence electrons. The molecule has 6 nitrogen and oxygen atoms in total. The maximum absolute atomic E-state index is 11.9. The molecule has 2 rings (SSSR count). The molecule has 2 aromatic rings. The van der Waals surface area contributed by atoms with Crippen molar-refractivity contribution >= 4 is 10.1 Å². The van der Waals surface area contributed by atoms with E-state index in [-0.39, 0.29) is 11.3 Å². The Morgan fingerprint density at radius 1 is 1.19 bits per heavy atom. The van der Waals surface area contributed by atoms with Crippen LogP contribution in [0.5, 0.6) is 5.75 Å². The van der Waals surface area contributed by atoms with Gasteiger partial charge in [0, 0.05) is 24.5 Å². The van der Waals surface area contributed by atoms with Crippen molar-refractivity contribution in [2.24, 2.45) is 0 Å². The molecule has 0 aliphatic rings. The second kappa shape index (κ2) is 9.19. The fourth-order valence-corrected chi connectivity index (χ4v) is 3.75. The number of unbranched alkanes of at least 4 members (excludes halogenated alkanes) is 1. The zero-order valence-electron chi connectivity index (χ0n) is 15.8. The molecule has 7 heteroatoms. The van der Waals surface area contributed by atoms with Gasteiger partial charge in [-0.1, -0.05) is 25.5 Å². The number of hydrogen-bond acceptors (Lipinski definition) is 5. The molecule has 0 atom stereocenters. The summed E-state index contributed by atoms with van der Waals surface area (Å²) in [6.07, 6.45) is 7.98. The molecule has 1 heterocycles. The van der Waals surface area contributed by atoms with Crippen LogP contribution in [0.1, 0.15) is 45.6 Å². The fourth-order valence-electron chi connectivity index (χ4n) is 2.62. The van der Waals surface area contributed by atoms with Crippen molar-refractivity contribution in [3.05, 3.63) is 48.5 Å². The zero-order chi connectivity index (χ0) is 19.0. The monoisotopic (exact) mass is 379 g/mol. The van der Waals surface area contributed by atoms with Crippen LogP contribution in [0.25, 0.3) is 0 Å². The van der Waals surface area contributed by atoms with Gasteiger partial charge in [0.1, 0.15) is 5.75 Å². The Labute approximate surface area is 156 Å². The first-order valence-corrected chi connectivity index (χ1v) is 10.6. The Balaban J connectivity index is 1.86. The standard InChI is InChI=1S/C19H29N3O3S/c1-4-5-15-26(23,24)25-18-9-7-17(8-10-18)19(2,3)21-11-6-13-22-14-12-20-16-22/h7-10,12,14,16,21H,4-6,11,13,15H2,1-3H3. The van der Waals surface area contributed by atoms with Gasteiger partial charge >= 0.3 is 10.1 Å². The van der Waals surface area contributed by atoms with Crippen LogP contribution in [0.4, 0.5) is 0 Å². The number of benzene rings is 1. The largest absolute Gasteiger partial charge is 0.382 e. The average Bonchev–Trinajstić information content (AvgIpc) is 3.11. The van der Waals surface area contributed by atoms with Crippen molar-refractivity contribution < 1.29 is 12.6 Å². The van der Waals surface area contributed by atoms with Crippen molar-refractivity contribution in [3.8, 4) is 5.75 Å². The number of imidazole rings is 1. The maximum Gasteiger partial charge on any atom is 0.309 e. The molecule has 0 radical (unpaired) electrons. The Morgan fingerprint density at radius 2 is 1.92 bits per heavy atom. The third-order valence-corrected chi connectivity index (χ3v) is 5.50. The predicted molar refractivity (Wildman–Crippen MR) is 104 cm³/mol. The van der Waals surface area contributed by atoms with E-state index >= 15 is 0 Å². The molecule has 1 aromatic carbocycles. The number of nitrogens with zero attached hydrogens (tertiary/aromatic N) is 2. The number of rotatable bonds is 11. The van der Waals surface area contributed by atoms with Crippen molar-refractivity contribution in [3.63, 3.8) is 0 Å². The van der Waals surface area contributed by atoms with E-state index in [0.717, 1.165) is 31.5 Å². The molecule has 0 fully saturated rings. The Kier molecular flexibility index (Phi) is 7.23. The van der Waals surface area contributed by atoms with E-state index in [0.29, 0.717) is 12.2 Å². The van der Waals surface area contributed by atoms with Gasteiger partial charge in [0.15, 0.2) is 0 Å². The highest BCUT2D eigenvalue weighted by Crippen LogP contribution is 2.23. The summed E-state index contributed by atoms with van der Waals surface area (Å²) in [5.41, 5.74) is 0.868. The van der Waals surface area contributed by atoms with Crippen LogP contribution >= 0.6 is 0 Å². The third kappa shape index (κ3) is 6.46. The number of aryl methyl sites for hydroxylation is 1. The summed E-state index contributed by atoms with van der Waals surface area (Å²) in [7, 11) is -3.51. The highest BCUT2D eigenvalue weighted by atomic mass is 32.2. The molecule has 26 heavy (non-hydrogen) atoms. The van der Waals surface area contributed by atoms with E-state index in [2.05, 4.69) is 28.7 Å². The first-order valence-electron chi connectivity index (χ1n) is 9.06. The maximum atomic E-state index is 11.9.